The second kappa shape index (κ2) is 3.21. The monoisotopic (exact) mass is 223 g/mol. The fraction of sp³-hybridized carbons (Fsp3) is 0. The SMILES string of the molecule is c1ccc2oc(C3=NSSN3)nc2c1. The molecule has 4 nitrogen and oxygen atoms in total. The zero-order valence-electron chi connectivity index (χ0n) is 6.93. The Morgan fingerprint density at radius 3 is 3.00 bits per heavy atom. The third-order valence-electron chi connectivity index (χ3n) is 1.80. The summed E-state index contributed by atoms with van der Waals surface area (Å²) in [6.07, 6.45) is 0. The van der Waals surface area contributed by atoms with Gasteiger partial charge in [-0.25, -0.2) is 4.98 Å². The Morgan fingerprint density at radius 1 is 1.29 bits per heavy atom. The van der Waals surface area contributed by atoms with E-state index in [1.54, 1.807) is 0 Å². The average Bonchev–Trinajstić information content (AvgIpc) is 2.86. The maximum Gasteiger partial charge on any atom is 0.265 e. The lowest BCUT2D eigenvalue weighted by atomic mass is 10.3. The van der Waals surface area contributed by atoms with Crippen molar-refractivity contribution < 1.29 is 4.42 Å². The van der Waals surface area contributed by atoms with Gasteiger partial charge < -0.3 is 4.42 Å². The van der Waals surface area contributed by atoms with E-state index in [2.05, 4.69) is 14.1 Å². The lowest BCUT2D eigenvalue weighted by Gasteiger charge is -1.90. The van der Waals surface area contributed by atoms with Crippen LogP contribution in [-0.4, -0.2) is 10.8 Å². The van der Waals surface area contributed by atoms with Crippen LogP contribution >= 0.6 is 22.0 Å². The fourth-order valence-corrected chi connectivity index (χ4v) is 2.42. The van der Waals surface area contributed by atoms with Crippen molar-refractivity contribution in [2.75, 3.05) is 0 Å². The van der Waals surface area contributed by atoms with Gasteiger partial charge in [0.25, 0.3) is 5.89 Å². The molecular formula is C8H5N3OS2. The molecule has 0 amide bonds. The molecule has 2 aromatic rings. The quantitative estimate of drug-likeness (QED) is 0.594. The van der Waals surface area contributed by atoms with Crippen molar-refractivity contribution in [2.45, 2.75) is 0 Å². The zero-order chi connectivity index (χ0) is 9.38. The summed E-state index contributed by atoms with van der Waals surface area (Å²) in [5, 5.41) is 0. The predicted molar refractivity (Wildman–Crippen MR) is 58.9 cm³/mol. The second-order valence-electron chi connectivity index (χ2n) is 2.69. The van der Waals surface area contributed by atoms with Gasteiger partial charge in [0.15, 0.2) is 5.58 Å². The molecule has 70 valence electrons. The Hall–Kier alpha value is -1.14. The summed E-state index contributed by atoms with van der Waals surface area (Å²) in [7, 11) is 2.83. The van der Waals surface area contributed by atoms with E-state index in [-0.39, 0.29) is 0 Å². The molecule has 6 heteroatoms. The lowest BCUT2D eigenvalue weighted by Crippen LogP contribution is -2.12. The number of nitrogens with one attached hydrogen (secondary N) is 1. The first-order valence-corrected chi connectivity index (χ1v) is 6.07. The summed E-state index contributed by atoms with van der Waals surface area (Å²) in [5.74, 6) is 1.24. The van der Waals surface area contributed by atoms with Crippen LogP contribution in [0.1, 0.15) is 5.89 Å². The van der Waals surface area contributed by atoms with Crippen LogP contribution in [0.25, 0.3) is 11.1 Å². The van der Waals surface area contributed by atoms with Crippen molar-refractivity contribution in [3.8, 4) is 0 Å². The van der Waals surface area contributed by atoms with Gasteiger partial charge in [-0.15, -0.1) is 0 Å². The molecule has 0 atom stereocenters. The molecular weight excluding hydrogens is 218 g/mol. The molecule has 1 aromatic heterocycles. The van der Waals surface area contributed by atoms with Crippen molar-refractivity contribution in [3.63, 3.8) is 0 Å². The van der Waals surface area contributed by atoms with E-state index >= 15 is 0 Å². The number of rotatable bonds is 1. The van der Waals surface area contributed by atoms with E-state index in [0.717, 1.165) is 11.1 Å². The van der Waals surface area contributed by atoms with Gasteiger partial charge in [-0.05, 0) is 12.1 Å². The highest BCUT2D eigenvalue weighted by atomic mass is 33.1. The van der Waals surface area contributed by atoms with Gasteiger partial charge in [0, 0.05) is 11.0 Å². The summed E-state index contributed by atoms with van der Waals surface area (Å²) in [5.41, 5.74) is 1.64. The Kier molecular flexibility index (Phi) is 1.88. The molecule has 2 heterocycles. The minimum atomic E-state index is 0.545. The number of hydrogen-bond donors (Lipinski definition) is 1. The Morgan fingerprint density at radius 2 is 2.21 bits per heavy atom. The first kappa shape index (κ1) is 8.19. The summed E-state index contributed by atoms with van der Waals surface area (Å²) in [6, 6.07) is 7.66. The number of amidine groups is 1. The average molecular weight is 223 g/mol. The van der Waals surface area contributed by atoms with Gasteiger partial charge in [-0.2, -0.15) is 4.40 Å². The zero-order valence-corrected chi connectivity index (χ0v) is 8.56. The van der Waals surface area contributed by atoms with Gasteiger partial charge >= 0.3 is 0 Å². The fourth-order valence-electron chi connectivity index (χ4n) is 1.19. The molecule has 0 bridgehead atoms. The first-order chi connectivity index (χ1) is 6.93. The molecule has 0 aliphatic carbocycles. The molecule has 1 aliphatic heterocycles. The lowest BCUT2D eigenvalue weighted by molar-refractivity contribution is 0.588. The molecule has 0 saturated carbocycles. The number of oxazole rings is 1. The van der Waals surface area contributed by atoms with Crippen molar-refractivity contribution >= 4 is 38.9 Å². The highest BCUT2D eigenvalue weighted by Crippen LogP contribution is 2.27. The summed E-state index contributed by atoms with van der Waals surface area (Å²) in [6.45, 7) is 0. The third-order valence-corrected chi connectivity index (χ3v) is 3.11. The van der Waals surface area contributed by atoms with E-state index in [4.69, 9.17) is 4.42 Å². The smallest absolute Gasteiger partial charge is 0.265 e. The number of aromatic nitrogens is 1. The van der Waals surface area contributed by atoms with Crippen LogP contribution in [0, 0.1) is 0 Å². The molecule has 3 rings (SSSR count). The Labute approximate surface area is 87.8 Å². The first-order valence-electron chi connectivity index (χ1n) is 3.96. The summed E-state index contributed by atoms with van der Waals surface area (Å²) >= 11 is 0. The molecule has 0 radical (unpaired) electrons. The normalized spacial score (nSPS) is 15.6. The van der Waals surface area contributed by atoms with Gasteiger partial charge in [0.05, 0.1) is 11.0 Å². The van der Waals surface area contributed by atoms with Crippen LogP contribution in [0.5, 0.6) is 0 Å². The Balaban J connectivity index is 2.14. The molecule has 1 aromatic carbocycles. The van der Waals surface area contributed by atoms with Crippen LogP contribution in [0.4, 0.5) is 0 Å². The topological polar surface area (TPSA) is 50.4 Å². The van der Waals surface area contributed by atoms with E-state index in [9.17, 15) is 0 Å². The van der Waals surface area contributed by atoms with E-state index in [1.165, 1.54) is 22.0 Å². The standard InChI is InChI=1S/C8H5N3OS2/c1-2-4-6-5(3-1)9-8(12-6)7-10-13-14-11-7/h1-4H,(H,10,11). The van der Waals surface area contributed by atoms with Gasteiger partial charge in [0.2, 0.25) is 5.84 Å². The van der Waals surface area contributed by atoms with Crippen molar-refractivity contribution in [1.82, 2.24) is 9.71 Å². The van der Waals surface area contributed by atoms with E-state index in [1.807, 2.05) is 24.3 Å². The van der Waals surface area contributed by atoms with Crippen LogP contribution in [-0.2, 0) is 0 Å². The van der Waals surface area contributed by atoms with Crippen LogP contribution in [0.2, 0.25) is 0 Å². The highest BCUT2D eigenvalue weighted by molar-refractivity contribution is 8.76. The van der Waals surface area contributed by atoms with Crippen LogP contribution in [0.15, 0.2) is 33.1 Å². The number of fused-ring (bicyclic) bond motifs is 1. The predicted octanol–water partition coefficient (Wildman–Crippen LogP) is 2.39. The molecule has 0 unspecified atom stereocenters. The Bertz CT molecular complexity index is 475. The third kappa shape index (κ3) is 1.27. The van der Waals surface area contributed by atoms with Gasteiger partial charge in [0.1, 0.15) is 5.52 Å². The molecule has 1 aliphatic rings. The van der Waals surface area contributed by atoms with Crippen molar-refractivity contribution in [3.05, 3.63) is 30.2 Å². The van der Waals surface area contributed by atoms with Crippen LogP contribution < -0.4 is 4.72 Å². The minimum absolute atomic E-state index is 0.545. The van der Waals surface area contributed by atoms with Crippen molar-refractivity contribution in [1.29, 1.82) is 0 Å². The van der Waals surface area contributed by atoms with E-state index < -0.39 is 0 Å². The van der Waals surface area contributed by atoms with E-state index in [0.29, 0.717) is 11.7 Å². The molecule has 14 heavy (non-hydrogen) atoms. The highest BCUT2D eigenvalue weighted by Gasteiger charge is 2.16. The molecule has 1 N–H and O–H groups in total. The summed E-state index contributed by atoms with van der Waals surface area (Å²) in [4.78, 5) is 4.31. The number of hydrogen-bond acceptors (Lipinski definition) is 6. The molecule has 0 saturated heterocycles. The minimum Gasteiger partial charge on any atom is -0.434 e. The van der Waals surface area contributed by atoms with Gasteiger partial charge in [-0.3, -0.25) is 4.72 Å². The van der Waals surface area contributed by atoms with Crippen molar-refractivity contribution in [2.24, 2.45) is 4.40 Å². The molecule has 0 fully saturated rings. The summed E-state index contributed by atoms with van der Waals surface area (Å²) < 4.78 is 12.7. The number of para-hydroxylation sites is 2. The maximum atomic E-state index is 5.52. The van der Waals surface area contributed by atoms with Gasteiger partial charge in [-0.1, -0.05) is 12.1 Å². The van der Waals surface area contributed by atoms with Crippen LogP contribution in [0.3, 0.4) is 0 Å². The maximum absolute atomic E-state index is 5.52. The second-order valence-corrected chi connectivity index (χ2v) is 4.34. The largest absolute Gasteiger partial charge is 0.434 e. The number of nitrogens with zero attached hydrogens (tertiary/aromatic N) is 2. The number of benzene rings is 1. The molecule has 0 spiro atoms.